The van der Waals surface area contributed by atoms with E-state index in [1.165, 1.54) is 0 Å². The molecule has 0 aromatic carbocycles. The Bertz CT molecular complexity index is 668. The molecule has 2 N–H and O–H groups in total. The third-order valence-corrected chi connectivity index (χ3v) is 5.23. The number of morpholine rings is 1. The van der Waals surface area contributed by atoms with Crippen molar-refractivity contribution in [3.63, 3.8) is 0 Å². The number of ether oxygens (including phenoxy) is 1. The molecule has 3 rings (SSSR count). The minimum Gasteiger partial charge on any atom is -0.378 e. The number of likely N-dealkylation sites (tertiary alicyclic amines) is 1. The quantitative estimate of drug-likeness (QED) is 0.794. The molecule has 3 heterocycles. The summed E-state index contributed by atoms with van der Waals surface area (Å²) in [7, 11) is 0. The Balaban J connectivity index is 1.42. The van der Waals surface area contributed by atoms with E-state index < -0.39 is 0 Å². The van der Waals surface area contributed by atoms with Crippen LogP contribution >= 0.6 is 0 Å². The van der Waals surface area contributed by atoms with Gasteiger partial charge >= 0.3 is 6.03 Å². The molecule has 2 aliphatic rings. The first-order valence-corrected chi connectivity index (χ1v) is 10.1. The second kappa shape index (κ2) is 9.73. The fourth-order valence-electron chi connectivity index (χ4n) is 3.56. The zero-order chi connectivity index (χ0) is 19.9. The fraction of sp³-hybridized carbons (Fsp3) is 0.650. The maximum atomic E-state index is 12.2. The summed E-state index contributed by atoms with van der Waals surface area (Å²) < 4.78 is 5.38. The smallest absolute Gasteiger partial charge is 0.315 e. The van der Waals surface area contributed by atoms with Crippen LogP contribution < -0.4 is 15.5 Å². The molecule has 0 aliphatic carbocycles. The van der Waals surface area contributed by atoms with Crippen LogP contribution in [-0.4, -0.2) is 67.3 Å². The van der Waals surface area contributed by atoms with Gasteiger partial charge in [0.2, 0.25) is 5.91 Å². The van der Waals surface area contributed by atoms with Gasteiger partial charge in [0, 0.05) is 50.9 Å². The van der Waals surface area contributed by atoms with E-state index in [0.717, 1.165) is 37.3 Å². The van der Waals surface area contributed by atoms with Gasteiger partial charge in [-0.2, -0.15) is 0 Å². The average Bonchev–Trinajstić information content (AvgIpc) is 2.73. The number of hydrogen-bond donors (Lipinski definition) is 2. The monoisotopic (exact) mass is 389 g/mol. The molecule has 154 valence electrons. The second-order valence-electron chi connectivity index (χ2n) is 7.70. The van der Waals surface area contributed by atoms with Crippen LogP contribution in [0.25, 0.3) is 0 Å². The predicted octanol–water partition coefficient (Wildman–Crippen LogP) is 1.36. The van der Waals surface area contributed by atoms with Gasteiger partial charge in [0.1, 0.15) is 5.82 Å². The SMILES string of the molecule is CC(C)C(=O)N1CCC(NC(=O)NCc2ccnc(N3CCOCC3)c2)CC1. The van der Waals surface area contributed by atoms with Crippen LogP contribution in [0.2, 0.25) is 0 Å². The summed E-state index contributed by atoms with van der Waals surface area (Å²) in [6.45, 7) is 8.81. The predicted molar refractivity (Wildman–Crippen MR) is 107 cm³/mol. The van der Waals surface area contributed by atoms with Gasteiger partial charge in [0.15, 0.2) is 0 Å². The normalized spacial score (nSPS) is 18.2. The summed E-state index contributed by atoms with van der Waals surface area (Å²) in [6, 6.07) is 3.87. The molecule has 0 saturated carbocycles. The topological polar surface area (TPSA) is 86.8 Å². The number of anilines is 1. The van der Waals surface area contributed by atoms with Gasteiger partial charge in [0.25, 0.3) is 0 Å². The molecule has 1 aromatic heterocycles. The van der Waals surface area contributed by atoms with E-state index in [2.05, 4.69) is 20.5 Å². The van der Waals surface area contributed by atoms with Crippen LogP contribution in [0, 0.1) is 5.92 Å². The first kappa shape index (κ1) is 20.4. The number of pyridine rings is 1. The van der Waals surface area contributed by atoms with Crippen molar-refractivity contribution in [1.82, 2.24) is 20.5 Å². The Hall–Kier alpha value is -2.35. The van der Waals surface area contributed by atoms with E-state index in [0.29, 0.717) is 32.8 Å². The van der Waals surface area contributed by atoms with Gasteiger partial charge in [-0.25, -0.2) is 9.78 Å². The van der Waals surface area contributed by atoms with Gasteiger partial charge in [-0.3, -0.25) is 4.79 Å². The van der Waals surface area contributed by atoms with E-state index in [1.807, 2.05) is 30.9 Å². The highest BCUT2D eigenvalue weighted by Gasteiger charge is 2.25. The lowest BCUT2D eigenvalue weighted by Crippen LogP contribution is -2.49. The summed E-state index contributed by atoms with van der Waals surface area (Å²) in [5.74, 6) is 1.14. The van der Waals surface area contributed by atoms with Crippen molar-refractivity contribution >= 4 is 17.8 Å². The first-order valence-electron chi connectivity index (χ1n) is 10.1. The third kappa shape index (κ3) is 5.58. The third-order valence-electron chi connectivity index (χ3n) is 5.23. The number of rotatable bonds is 5. The number of urea groups is 1. The summed E-state index contributed by atoms with van der Waals surface area (Å²) in [4.78, 5) is 32.8. The van der Waals surface area contributed by atoms with Crippen LogP contribution in [0.1, 0.15) is 32.3 Å². The zero-order valence-corrected chi connectivity index (χ0v) is 16.8. The lowest BCUT2D eigenvalue weighted by Gasteiger charge is -2.33. The Morgan fingerprint density at radius 1 is 1.21 bits per heavy atom. The van der Waals surface area contributed by atoms with Crippen molar-refractivity contribution in [3.8, 4) is 0 Å². The fourth-order valence-corrected chi connectivity index (χ4v) is 3.56. The van der Waals surface area contributed by atoms with Crippen LogP contribution in [0.4, 0.5) is 10.6 Å². The van der Waals surface area contributed by atoms with E-state index in [1.54, 1.807) is 6.20 Å². The van der Waals surface area contributed by atoms with Gasteiger partial charge in [-0.05, 0) is 30.5 Å². The van der Waals surface area contributed by atoms with E-state index in [-0.39, 0.29) is 23.9 Å². The molecule has 1 aromatic rings. The number of hydrogen-bond acceptors (Lipinski definition) is 5. The van der Waals surface area contributed by atoms with Gasteiger partial charge in [-0.1, -0.05) is 13.8 Å². The molecule has 28 heavy (non-hydrogen) atoms. The van der Waals surface area contributed by atoms with Crippen molar-refractivity contribution in [1.29, 1.82) is 0 Å². The lowest BCUT2D eigenvalue weighted by molar-refractivity contribution is -0.135. The summed E-state index contributed by atoms with van der Waals surface area (Å²) in [5.41, 5.74) is 1.02. The summed E-state index contributed by atoms with van der Waals surface area (Å²) >= 11 is 0. The molecule has 2 fully saturated rings. The molecule has 2 saturated heterocycles. The van der Waals surface area contributed by atoms with Crippen molar-refractivity contribution < 1.29 is 14.3 Å². The molecule has 0 bridgehead atoms. The highest BCUT2D eigenvalue weighted by atomic mass is 16.5. The molecule has 0 spiro atoms. The number of carbonyl (C=O) groups is 2. The molecule has 2 aliphatic heterocycles. The number of nitrogens with one attached hydrogen (secondary N) is 2. The van der Waals surface area contributed by atoms with Crippen molar-refractivity contribution in [2.24, 2.45) is 5.92 Å². The molecule has 8 heteroatoms. The van der Waals surface area contributed by atoms with Gasteiger partial charge in [0.05, 0.1) is 13.2 Å². The maximum Gasteiger partial charge on any atom is 0.315 e. The second-order valence-corrected chi connectivity index (χ2v) is 7.70. The van der Waals surface area contributed by atoms with Gasteiger partial charge in [-0.15, -0.1) is 0 Å². The highest BCUT2D eigenvalue weighted by Crippen LogP contribution is 2.15. The van der Waals surface area contributed by atoms with Crippen LogP contribution in [0.5, 0.6) is 0 Å². The lowest BCUT2D eigenvalue weighted by atomic mass is 10.0. The first-order chi connectivity index (χ1) is 13.5. The molecular formula is C20H31N5O3. The van der Waals surface area contributed by atoms with Crippen LogP contribution in [-0.2, 0) is 16.1 Å². The van der Waals surface area contributed by atoms with E-state index in [9.17, 15) is 9.59 Å². The zero-order valence-electron chi connectivity index (χ0n) is 16.8. The maximum absolute atomic E-state index is 12.2. The van der Waals surface area contributed by atoms with E-state index >= 15 is 0 Å². The number of nitrogens with zero attached hydrogens (tertiary/aromatic N) is 3. The van der Waals surface area contributed by atoms with Crippen LogP contribution in [0.15, 0.2) is 18.3 Å². The largest absolute Gasteiger partial charge is 0.378 e. The number of aromatic nitrogens is 1. The Labute approximate surface area is 166 Å². The summed E-state index contributed by atoms with van der Waals surface area (Å²) in [5, 5.41) is 5.95. The molecule has 0 unspecified atom stereocenters. The minimum absolute atomic E-state index is 0.0236. The number of carbonyl (C=O) groups excluding carboxylic acids is 2. The molecule has 0 atom stereocenters. The molecule has 8 nitrogen and oxygen atoms in total. The van der Waals surface area contributed by atoms with Crippen LogP contribution in [0.3, 0.4) is 0 Å². The average molecular weight is 390 g/mol. The molecular weight excluding hydrogens is 358 g/mol. The molecule has 3 amide bonds. The standard InChI is InChI=1S/C20H31N5O3/c1-15(2)19(26)25-7-4-17(5-8-25)23-20(27)22-14-16-3-6-21-18(13-16)24-9-11-28-12-10-24/h3,6,13,15,17H,4-5,7-12,14H2,1-2H3,(H2,22,23,27). The number of amides is 3. The highest BCUT2D eigenvalue weighted by molar-refractivity contribution is 5.78. The number of piperidine rings is 1. The Kier molecular flexibility index (Phi) is 7.08. The summed E-state index contributed by atoms with van der Waals surface area (Å²) in [6.07, 6.45) is 3.37. The van der Waals surface area contributed by atoms with Crippen molar-refractivity contribution in [3.05, 3.63) is 23.9 Å². The van der Waals surface area contributed by atoms with Gasteiger partial charge < -0.3 is 25.2 Å². The Morgan fingerprint density at radius 2 is 1.93 bits per heavy atom. The Morgan fingerprint density at radius 3 is 2.61 bits per heavy atom. The minimum atomic E-state index is -0.168. The van der Waals surface area contributed by atoms with Crippen molar-refractivity contribution in [2.75, 3.05) is 44.3 Å². The van der Waals surface area contributed by atoms with Crippen molar-refractivity contribution in [2.45, 2.75) is 39.3 Å². The van der Waals surface area contributed by atoms with E-state index in [4.69, 9.17) is 4.74 Å². The molecule has 0 radical (unpaired) electrons.